The Balaban J connectivity index is 2.46. The summed E-state index contributed by atoms with van der Waals surface area (Å²) in [4.78, 5) is 0. The van der Waals surface area contributed by atoms with Crippen molar-refractivity contribution in [2.24, 2.45) is 0 Å². The number of hydrogen-bond donors (Lipinski definition) is 0. The smallest absolute Gasteiger partial charge is 0.309 e. The van der Waals surface area contributed by atoms with Gasteiger partial charge in [0, 0.05) is 12.0 Å². The Hall–Kier alpha value is -1.08. The highest BCUT2D eigenvalue weighted by Gasteiger charge is 2.13. The summed E-state index contributed by atoms with van der Waals surface area (Å²) in [5.74, 6) is 0.109. The lowest BCUT2D eigenvalue weighted by molar-refractivity contribution is 0.483. The molecular weight excluding hydrogens is 324 g/mol. The Kier molecular flexibility index (Phi) is 7.35. The van der Waals surface area contributed by atoms with Crippen LogP contribution in [0.3, 0.4) is 0 Å². The molecule has 0 amide bonds. The molecule has 0 bridgehead atoms. The van der Waals surface area contributed by atoms with E-state index in [0.717, 1.165) is 31.1 Å². The molecule has 1 rings (SSSR count). The van der Waals surface area contributed by atoms with Crippen molar-refractivity contribution in [3.63, 3.8) is 0 Å². The molecule has 1 aromatic carbocycles. The van der Waals surface area contributed by atoms with Crippen LogP contribution in [0.4, 0.5) is 0 Å². The molecule has 5 nitrogen and oxygen atoms in total. The molecular formula is C15H24O5S2. The van der Waals surface area contributed by atoms with Crippen molar-refractivity contribution < 1.29 is 21.0 Å². The van der Waals surface area contributed by atoms with E-state index in [-0.39, 0.29) is 17.9 Å². The zero-order valence-electron chi connectivity index (χ0n) is 13.1. The van der Waals surface area contributed by atoms with Crippen LogP contribution in [0.15, 0.2) is 24.3 Å². The van der Waals surface area contributed by atoms with Crippen molar-refractivity contribution in [2.45, 2.75) is 39.0 Å². The molecule has 0 aliphatic heterocycles. The van der Waals surface area contributed by atoms with Crippen LogP contribution < -0.4 is 4.18 Å². The zero-order valence-corrected chi connectivity index (χ0v) is 14.7. The highest BCUT2D eigenvalue weighted by atomic mass is 32.2. The fraction of sp³-hybridized carbons (Fsp3) is 0.600. The minimum atomic E-state index is -3.68. The third-order valence-corrected chi connectivity index (χ3v) is 5.39. The first kappa shape index (κ1) is 19.0. The van der Waals surface area contributed by atoms with Crippen LogP contribution in [0.5, 0.6) is 5.75 Å². The number of rotatable bonds is 10. The van der Waals surface area contributed by atoms with Crippen LogP contribution in [0, 0.1) is 0 Å². The topological polar surface area (TPSA) is 77.5 Å². The zero-order chi connectivity index (χ0) is 16.6. The van der Waals surface area contributed by atoms with E-state index in [0.29, 0.717) is 12.2 Å². The molecule has 1 aromatic rings. The molecule has 22 heavy (non-hydrogen) atoms. The van der Waals surface area contributed by atoms with Crippen LogP contribution in [0.1, 0.15) is 38.2 Å². The minimum absolute atomic E-state index is 0.00531. The number of benzene rings is 1. The predicted molar refractivity (Wildman–Crippen MR) is 88.4 cm³/mol. The Bertz CT molecular complexity index is 646. The Morgan fingerprint density at radius 2 is 1.50 bits per heavy atom. The van der Waals surface area contributed by atoms with Crippen LogP contribution in [0.2, 0.25) is 0 Å². The largest absolute Gasteiger partial charge is 0.382 e. The Morgan fingerprint density at radius 3 is 2.05 bits per heavy atom. The van der Waals surface area contributed by atoms with Crippen LogP contribution in [0.25, 0.3) is 0 Å². The van der Waals surface area contributed by atoms with Crippen LogP contribution >= 0.6 is 0 Å². The highest BCUT2D eigenvalue weighted by molar-refractivity contribution is 7.90. The van der Waals surface area contributed by atoms with Gasteiger partial charge in [-0.05, 0) is 43.4 Å². The van der Waals surface area contributed by atoms with Gasteiger partial charge in [-0.25, -0.2) is 8.42 Å². The summed E-state index contributed by atoms with van der Waals surface area (Å²) in [6.45, 7) is 2.12. The summed E-state index contributed by atoms with van der Waals surface area (Å²) < 4.78 is 50.6. The van der Waals surface area contributed by atoms with Crippen LogP contribution in [-0.2, 0) is 26.4 Å². The molecule has 0 spiro atoms. The SMILES string of the molecule is CCCCc1ccc(OS(=O)(=O)CCCCS(C)(=O)=O)cc1. The summed E-state index contributed by atoms with van der Waals surface area (Å²) in [5, 5.41) is 0. The number of unbranched alkanes of at least 4 members (excludes halogenated alkanes) is 2. The van der Waals surface area contributed by atoms with Crippen molar-refractivity contribution in [1.82, 2.24) is 0 Å². The minimum Gasteiger partial charge on any atom is -0.382 e. The molecule has 0 radical (unpaired) electrons. The van der Waals surface area contributed by atoms with E-state index >= 15 is 0 Å². The summed E-state index contributed by atoms with van der Waals surface area (Å²) in [5.41, 5.74) is 1.15. The second-order valence-corrected chi connectivity index (χ2v) is 9.38. The molecule has 0 aromatic heterocycles. The second-order valence-electron chi connectivity index (χ2n) is 5.43. The van der Waals surface area contributed by atoms with Crippen LogP contribution in [-0.4, -0.2) is 34.6 Å². The van der Waals surface area contributed by atoms with Crippen molar-refractivity contribution in [3.8, 4) is 5.75 Å². The molecule has 0 N–H and O–H groups in total. The summed E-state index contributed by atoms with van der Waals surface area (Å²) in [7, 11) is -6.73. The maximum Gasteiger partial charge on any atom is 0.309 e. The molecule has 0 heterocycles. The first-order valence-corrected chi connectivity index (χ1v) is 11.0. The van der Waals surface area contributed by atoms with Gasteiger partial charge < -0.3 is 4.18 Å². The molecule has 0 aliphatic carbocycles. The van der Waals surface area contributed by atoms with Crippen molar-refractivity contribution in [2.75, 3.05) is 17.8 Å². The average molecular weight is 348 g/mol. The van der Waals surface area contributed by atoms with E-state index in [1.54, 1.807) is 12.1 Å². The van der Waals surface area contributed by atoms with Crippen molar-refractivity contribution >= 4 is 20.0 Å². The maximum atomic E-state index is 11.8. The van der Waals surface area contributed by atoms with Gasteiger partial charge in [0.25, 0.3) is 0 Å². The Labute approximate surface area is 133 Å². The molecule has 0 atom stereocenters. The van der Waals surface area contributed by atoms with E-state index in [4.69, 9.17) is 4.18 Å². The van der Waals surface area contributed by atoms with E-state index in [1.165, 1.54) is 0 Å². The molecule has 0 aliphatic rings. The summed E-state index contributed by atoms with van der Waals surface area (Å²) in [6.07, 6.45) is 4.90. The number of sulfone groups is 1. The van der Waals surface area contributed by atoms with E-state index < -0.39 is 20.0 Å². The quantitative estimate of drug-likeness (QED) is 0.480. The molecule has 0 fully saturated rings. The fourth-order valence-electron chi connectivity index (χ4n) is 1.92. The molecule has 7 heteroatoms. The first-order valence-electron chi connectivity index (χ1n) is 7.41. The average Bonchev–Trinajstić information content (AvgIpc) is 2.42. The predicted octanol–water partition coefficient (Wildman–Crippen LogP) is 2.56. The molecule has 126 valence electrons. The molecule has 0 saturated carbocycles. The summed E-state index contributed by atoms with van der Waals surface area (Å²) >= 11 is 0. The van der Waals surface area contributed by atoms with E-state index in [2.05, 4.69) is 6.92 Å². The first-order chi connectivity index (χ1) is 10.2. The number of hydrogen-bond acceptors (Lipinski definition) is 5. The van der Waals surface area contributed by atoms with Crippen molar-refractivity contribution in [3.05, 3.63) is 29.8 Å². The lowest BCUT2D eigenvalue weighted by Gasteiger charge is -2.07. The van der Waals surface area contributed by atoms with Gasteiger partial charge in [0.2, 0.25) is 0 Å². The van der Waals surface area contributed by atoms with Gasteiger partial charge in [-0.15, -0.1) is 0 Å². The normalized spacial score (nSPS) is 12.3. The van der Waals surface area contributed by atoms with Gasteiger partial charge in [-0.1, -0.05) is 25.5 Å². The van der Waals surface area contributed by atoms with Gasteiger partial charge >= 0.3 is 10.1 Å². The monoisotopic (exact) mass is 348 g/mol. The third-order valence-electron chi connectivity index (χ3n) is 3.13. The van der Waals surface area contributed by atoms with Crippen molar-refractivity contribution in [1.29, 1.82) is 0 Å². The fourth-order valence-corrected chi connectivity index (χ4v) is 3.70. The van der Waals surface area contributed by atoms with Gasteiger partial charge in [-0.3, -0.25) is 0 Å². The van der Waals surface area contributed by atoms with Gasteiger partial charge in [0.1, 0.15) is 15.6 Å². The van der Waals surface area contributed by atoms with Gasteiger partial charge in [0.05, 0.1) is 5.75 Å². The summed E-state index contributed by atoms with van der Waals surface area (Å²) in [6, 6.07) is 7.03. The Morgan fingerprint density at radius 1 is 0.909 bits per heavy atom. The molecule has 0 unspecified atom stereocenters. The second kappa shape index (κ2) is 8.53. The van der Waals surface area contributed by atoms with E-state index in [9.17, 15) is 16.8 Å². The lowest BCUT2D eigenvalue weighted by Crippen LogP contribution is -2.15. The standard InChI is InChI=1S/C15H24O5S2/c1-3-4-7-14-8-10-15(11-9-14)20-22(18,19)13-6-5-12-21(2,16)17/h8-11H,3-7,12-13H2,1-2H3. The highest BCUT2D eigenvalue weighted by Crippen LogP contribution is 2.16. The van der Waals surface area contributed by atoms with Gasteiger partial charge in [-0.2, -0.15) is 8.42 Å². The number of aryl methyl sites for hydroxylation is 1. The molecule has 0 saturated heterocycles. The van der Waals surface area contributed by atoms with Gasteiger partial charge in [0.15, 0.2) is 0 Å². The lowest BCUT2D eigenvalue weighted by atomic mass is 10.1. The maximum absolute atomic E-state index is 11.8. The van der Waals surface area contributed by atoms with E-state index in [1.807, 2.05) is 12.1 Å². The third kappa shape index (κ3) is 8.38.